The van der Waals surface area contributed by atoms with Crippen LogP contribution in [-0.4, -0.2) is 104 Å². The van der Waals surface area contributed by atoms with Crippen molar-refractivity contribution >= 4 is 5.91 Å². The summed E-state index contributed by atoms with van der Waals surface area (Å²) < 4.78 is 17.5. The minimum atomic E-state index is -0.504. The van der Waals surface area contributed by atoms with E-state index in [9.17, 15) is 9.90 Å². The van der Waals surface area contributed by atoms with Crippen LogP contribution in [0.4, 0.5) is 0 Å². The van der Waals surface area contributed by atoms with Crippen molar-refractivity contribution in [2.75, 3.05) is 59.2 Å². The smallest absolute Gasteiger partial charge is 0.222 e. The van der Waals surface area contributed by atoms with E-state index in [2.05, 4.69) is 27.2 Å². The molecule has 33 heavy (non-hydrogen) atoms. The van der Waals surface area contributed by atoms with Gasteiger partial charge in [-0.15, -0.1) is 0 Å². The zero-order valence-electron chi connectivity index (χ0n) is 19.6. The first kappa shape index (κ1) is 24.6. The number of rotatable bonds is 8. The number of hydrogen-bond donors (Lipinski definition) is 2. The van der Waals surface area contributed by atoms with E-state index in [1.807, 2.05) is 18.2 Å². The topological polar surface area (TPSA) is 83.5 Å². The quantitative estimate of drug-likeness (QED) is 0.560. The van der Waals surface area contributed by atoms with Gasteiger partial charge in [0.2, 0.25) is 5.91 Å². The molecule has 3 aliphatic rings. The van der Waals surface area contributed by atoms with E-state index < -0.39 is 6.10 Å². The monoisotopic (exact) mass is 461 g/mol. The molecule has 1 aromatic carbocycles. The normalized spacial score (nSPS) is 29.6. The Morgan fingerprint density at radius 3 is 2.73 bits per heavy atom. The van der Waals surface area contributed by atoms with E-state index in [4.69, 9.17) is 14.2 Å². The fourth-order valence-electron chi connectivity index (χ4n) is 5.08. The van der Waals surface area contributed by atoms with Gasteiger partial charge >= 0.3 is 0 Å². The number of benzene rings is 1. The second-order valence-corrected chi connectivity index (χ2v) is 9.41. The van der Waals surface area contributed by atoms with E-state index in [1.165, 1.54) is 5.56 Å². The van der Waals surface area contributed by atoms with Crippen LogP contribution in [0.3, 0.4) is 0 Å². The molecule has 8 nitrogen and oxygen atoms in total. The molecular formula is C25H39N3O5. The first-order chi connectivity index (χ1) is 16.2. The number of ether oxygens (including phenoxy) is 3. The van der Waals surface area contributed by atoms with Crippen LogP contribution in [0.25, 0.3) is 0 Å². The second kappa shape index (κ2) is 12.8. The van der Waals surface area contributed by atoms with Crippen molar-refractivity contribution in [3.63, 3.8) is 0 Å². The lowest BCUT2D eigenvalue weighted by atomic mass is 9.94. The first-order valence-corrected chi connectivity index (χ1v) is 12.4. The van der Waals surface area contributed by atoms with Crippen molar-refractivity contribution in [1.29, 1.82) is 0 Å². The van der Waals surface area contributed by atoms with Crippen LogP contribution in [0.5, 0.6) is 0 Å². The fourth-order valence-corrected chi connectivity index (χ4v) is 5.08. The summed E-state index contributed by atoms with van der Waals surface area (Å²) in [4.78, 5) is 17.2. The zero-order chi connectivity index (χ0) is 22.9. The number of nitrogens with zero attached hydrogens (tertiary/aromatic N) is 2. The molecule has 0 saturated carbocycles. The predicted octanol–water partition coefficient (Wildman–Crippen LogP) is 1.02. The van der Waals surface area contributed by atoms with Gasteiger partial charge in [-0.3, -0.25) is 14.6 Å². The maximum Gasteiger partial charge on any atom is 0.222 e. The number of β-amino-alcohol motifs (C(OH)–C–C–N with tert-alkyl or cyclic N) is 1. The van der Waals surface area contributed by atoms with Gasteiger partial charge in [0.25, 0.3) is 0 Å². The summed E-state index contributed by atoms with van der Waals surface area (Å²) in [6.45, 7) is 7.35. The third-order valence-electron chi connectivity index (χ3n) is 6.81. The first-order valence-electron chi connectivity index (χ1n) is 12.4. The number of morpholine rings is 1. The fraction of sp³-hybridized carbons (Fsp3) is 0.720. The summed E-state index contributed by atoms with van der Waals surface area (Å²) in [6.07, 6.45) is 2.43. The Balaban J connectivity index is 1.23. The van der Waals surface area contributed by atoms with Gasteiger partial charge in [0, 0.05) is 38.8 Å². The van der Waals surface area contributed by atoms with E-state index in [1.54, 1.807) is 0 Å². The molecule has 1 aromatic rings. The lowest BCUT2D eigenvalue weighted by Crippen LogP contribution is -2.55. The summed E-state index contributed by atoms with van der Waals surface area (Å²) >= 11 is 0. The molecule has 3 saturated heterocycles. The molecule has 2 N–H and O–H groups in total. The molecule has 1 amide bonds. The van der Waals surface area contributed by atoms with Crippen LogP contribution >= 0.6 is 0 Å². The highest BCUT2D eigenvalue weighted by Gasteiger charge is 2.38. The SMILES string of the molecule is O=C(C[C@H]1CC[C@@H]2[C@H](COC[C@@H](O)CN2Cc2ccccc2)O1)NCCCN1CCOCC1. The maximum atomic E-state index is 12.5. The van der Waals surface area contributed by atoms with Crippen LogP contribution in [-0.2, 0) is 25.5 Å². The molecule has 4 rings (SSSR count). The molecule has 184 valence electrons. The Hall–Kier alpha value is -1.55. The van der Waals surface area contributed by atoms with E-state index in [-0.39, 0.29) is 24.2 Å². The standard InChI is InChI=1S/C25H39N3O5/c29-21-17-28(16-20-5-2-1-3-6-20)23-8-7-22(33-24(23)19-32-18-21)15-25(30)26-9-4-10-27-11-13-31-14-12-27/h1-3,5-6,21-24,29H,4,7-19H2,(H,26,30)/t21-,22+,23+,24-/m0/s1. The summed E-state index contributed by atoms with van der Waals surface area (Å²) in [5.41, 5.74) is 1.23. The van der Waals surface area contributed by atoms with Crippen molar-refractivity contribution in [3.05, 3.63) is 35.9 Å². The number of fused-ring (bicyclic) bond motifs is 1. The van der Waals surface area contributed by atoms with Gasteiger partial charge in [-0.25, -0.2) is 0 Å². The van der Waals surface area contributed by atoms with Crippen LogP contribution < -0.4 is 5.32 Å². The predicted molar refractivity (Wildman–Crippen MR) is 125 cm³/mol. The van der Waals surface area contributed by atoms with Crippen molar-refractivity contribution in [1.82, 2.24) is 15.1 Å². The Bertz CT molecular complexity index is 715. The minimum Gasteiger partial charge on any atom is -0.389 e. The Kier molecular flexibility index (Phi) is 9.52. The number of aliphatic hydroxyl groups excluding tert-OH is 1. The van der Waals surface area contributed by atoms with Gasteiger partial charge in [0.05, 0.1) is 51.2 Å². The average Bonchev–Trinajstić information content (AvgIpc) is 2.82. The highest BCUT2D eigenvalue weighted by atomic mass is 16.5. The lowest BCUT2D eigenvalue weighted by Gasteiger charge is -2.44. The van der Waals surface area contributed by atoms with Crippen molar-refractivity contribution in [2.24, 2.45) is 0 Å². The molecule has 4 atom stereocenters. The van der Waals surface area contributed by atoms with Crippen molar-refractivity contribution in [2.45, 2.75) is 56.6 Å². The van der Waals surface area contributed by atoms with Crippen LogP contribution in [0.1, 0.15) is 31.2 Å². The molecule has 0 aromatic heterocycles. The number of carbonyl (C=O) groups is 1. The second-order valence-electron chi connectivity index (χ2n) is 9.41. The number of carbonyl (C=O) groups excluding carboxylic acids is 1. The number of hydrogen-bond acceptors (Lipinski definition) is 7. The molecule has 0 spiro atoms. The van der Waals surface area contributed by atoms with E-state index in [0.717, 1.165) is 58.7 Å². The largest absolute Gasteiger partial charge is 0.389 e. The maximum absolute atomic E-state index is 12.5. The summed E-state index contributed by atoms with van der Waals surface area (Å²) in [5.74, 6) is 0.0590. The summed E-state index contributed by atoms with van der Waals surface area (Å²) in [6, 6.07) is 10.5. The van der Waals surface area contributed by atoms with Gasteiger partial charge in [-0.05, 0) is 31.4 Å². The number of amides is 1. The third-order valence-corrected chi connectivity index (χ3v) is 6.81. The van der Waals surface area contributed by atoms with Gasteiger partial charge in [-0.1, -0.05) is 30.3 Å². The molecule has 0 unspecified atom stereocenters. The molecule has 8 heteroatoms. The molecule has 0 bridgehead atoms. The molecule has 3 aliphatic heterocycles. The van der Waals surface area contributed by atoms with Gasteiger partial charge in [0.15, 0.2) is 0 Å². The Labute approximate surface area is 197 Å². The summed E-state index contributed by atoms with van der Waals surface area (Å²) in [5, 5.41) is 13.4. The Morgan fingerprint density at radius 1 is 1.09 bits per heavy atom. The molecular weight excluding hydrogens is 422 g/mol. The average molecular weight is 462 g/mol. The van der Waals surface area contributed by atoms with Crippen LogP contribution in [0, 0.1) is 0 Å². The van der Waals surface area contributed by atoms with Gasteiger partial charge in [-0.2, -0.15) is 0 Å². The van der Waals surface area contributed by atoms with Gasteiger partial charge < -0.3 is 24.6 Å². The molecule has 3 fully saturated rings. The van der Waals surface area contributed by atoms with Crippen LogP contribution in [0.2, 0.25) is 0 Å². The minimum absolute atomic E-state index is 0.0590. The zero-order valence-corrected chi connectivity index (χ0v) is 19.6. The lowest BCUT2D eigenvalue weighted by molar-refractivity contribution is -0.158. The van der Waals surface area contributed by atoms with E-state index in [0.29, 0.717) is 32.7 Å². The number of aliphatic hydroxyl groups is 1. The van der Waals surface area contributed by atoms with Crippen molar-refractivity contribution < 1.29 is 24.1 Å². The molecule has 0 aliphatic carbocycles. The number of nitrogens with one attached hydrogen (secondary N) is 1. The Morgan fingerprint density at radius 2 is 1.91 bits per heavy atom. The van der Waals surface area contributed by atoms with Crippen molar-refractivity contribution in [3.8, 4) is 0 Å². The third kappa shape index (κ3) is 7.73. The molecule has 0 radical (unpaired) electrons. The molecule has 3 heterocycles. The summed E-state index contributed by atoms with van der Waals surface area (Å²) in [7, 11) is 0. The van der Waals surface area contributed by atoms with Gasteiger partial charge in [0.1, 0.15) is 0 Å². The highest BCUT2D eigenvalue weighted by molar-refractivity contribution is 5.76. The highest BCUT2D eigenvalue weighted by Crippen LogP contribution is 2.28. The van der Waals surface area contributed by atoms with E-state index >= 15 is 0 Å². The van der Waals surface area contributed by atoms with Crippen LogP contribution in [0.15, 0.2) is 30.3 Å².